The SMILES string of the molecule is CC(C)(C)[P+](CCCCO)(C(C)(C)C)C(C)(C)C.CC(C)(C)[P+](CCCCO)(C(C)(C)C)C(C)(C)C.CC(C)(C)[P+](CCCCO)(C(C)(C)C)C(C)(C)C.[Br-].[Cl-].[I-]. The molecule has 0 amide bonds. The monoisotopic (exact) mass is 1070 g/mol. The Kier molecular flexibility index (Phi) is 32.5. The Labute approximate surface area is 397 Å². The minimum absolute atomic E-state index is 0. The predicted molar refractivity (Wildman–Crippen MR) is 262 cm³/mol. The van der Waals surface area contributed by atoms with Gasteiger partial charge in [0.15, 0.2) is 0 Å². The van der Waals surface area contributed by atoms with E-state index in [4.69, 9.17) is 15.3 Å². The number of rotatable bonds is 12. The number of halogens is 3. The predicted octanol–water partition coefficient (Wildman–Crippen LogP) is 6.53. The molecule has 0 aromatic carbocycles. The summed E-state index contributed by atoms with van der Waals surface area (Å²) < 4.78 is 0. The fourth-order valence-electron chi connectivity index (χ4n) is 13.5. The first-order valence-corrected chi connectivity index (χ1v) is 27.8. The molecule has 0 unspecified atom stereocenters. The summed E-state index contributed by atoms with van der Waals surface area (Å²) in [5, 5.41) is 30.5. The van der Waals surface area contributed by atoms with Gasteiger partial charge in [0.25, 0.3) is 0 Å². The van der Waals surface area contributed by atoms with Crippen molar-refractivity contribution in [1.82, 2.24) is 0 Å². The molecule has 0 spiro atoms. The van der Waals surface area contributed by atoms with Gasteiger partial charge in [-0.05, 0) is 225 Å². The van der Waals surface area contributed by atoms with E-state index in [0.717, 1.165) is 38.5 Å². The van der Waals surface area contributed by atoms with Crippen molar-refractivity contribution in [3.8, 4) is 0 Å². The molecule has 0 saturated heterocycles. The molecule has 0 radical (unpaired) electrons. The van der Waals surface area contributed by atoms with Gasteiger partial charge in [-0.2, -0.15) is 0 Å². The first kappa shape index (κ1) is 71.3. The minimum Gasteiger partial charge on any atom is -1.00 e. The summed E-state index contributed by atoms with van der Waals surface area (Å²) >= 11 is 0. The Hall–Kier alpha value is 2.67. The normalized spacial score (nSPS) is 14.2. The quantitative estimate of drug-likeness (QED) is 0.119. The highest BCUT2D eigenvalue weighted by Crippen LogP contribution is 2.85. The van der Waals surface area contributed by atoms with Crippen molar-refractivity contribution in [3.05, 3.63) is 0 Å². The molecule has 3 N–H and O–H groups in total. The molecular formula is C48H108BrClIO3P3. The molecule has 0 rings (SSSR count). The summed E-state index contributed by atoms with van der Waals surface area (Å²) in [5.41, 5.74) is 0. The van der Waals surface area contributed by atoms with E-state index in [2.05, 4.69) is 187 Å². The molecule has 57 heavy (non-hydrogen) atoms. The number of hydrogen-bond acceptors (Lipinski definition) is 3. The average molecular weight is 1070 g/mol. The van der Waals surface area contributed by atoms with Crippen LogP contribution in [0.1, 0.15) is 225 Å². The number of aliphatic hydroxyl groups is 3. The molecule has 0 aromatic heterocycles. The minimum atomic E-state index is -1.19. The Morgan fingerprint density at radius 3 is 0.439 bits per heavy atom. The fraction of sp³-hybridized carbons (Fsp3) is 1.00. The van der Waals surface area contributed by atoms with Gasteiger partial charge in [-0.3, -0.25) is 0 Å². The molecule has 3 nitrogen and oxygen atoms in total. The van der Waals surface area contributed by atoms with Crippen molar-refractivity contribution in [2.45, 2.75) is 272 Å². The summed E-state index contributed by atoms with van der Waals surface area (Å²) in [4.78, 5) is 0. The van der Waals surface area contributed by atoms with Crippen LogP contribution in [0.4, 0.5) is 0 Å². The van der Waals surface area contributed by atoms with Crippen molar-refractivity contribution in [1.29, 1.82) is 0 Å². The van der Waals surface area contributed by atoms with Crippen molar-refractivity contribution < 1.29 is 68.7 Å². The molecule has 0 aliphatic carbocycles. The lowest BCUT2D eigenvalue weighted by Gasteiger charge is -2.54. The van der Waals surface area contributed by atoms with Crippen LogP contribution < -0.4 is 53.4 Å². The van der Waals surface area contributed by atoms with Crippen LogP contribution >= 0.6 is 21.8 Å². The van der Waals surface area contributed by atoms with Gasteiger partial charge in [-0.1, -0.05) is 0 Å². The van der Waals surface area contributed by atoms with Gasteiger partial charge in [-0.15, -0.1) is 0 Å². The fourth-order valence-corrected chi connectivity index (χ4v) is 39.7. The van der Waals surface area contributed by atoms with E-state index < -0.39 is 21.8 Å². The molecule has 354 valence electrons. The largest absolute Gasteiger partial charge is 1.00 e. The van der Waals surface area contributed by atoms with Crippen LogP contribution in [0.15, 0.2) is 0 Å². The molecular weight excluding hydrogens is 960 g/mol. The topological polar surface area (TPSA) is 60.7 Å². The van der Waals surface area contributed by atoms with Crippen LogP contribution in [-0.4, -0.2) is 100 Å². The highest BCUT2D eigenvalue weighted by molar-refractivity contribution is 7.80. The molecule has 0 atom stereocenters. The highest BCUT2D eigenvalue weighted by atomic mass is 127. The molecule has 0 aliphatic heterocycles. The maximum absolute atomic E-state index is 9.08. The number of hydrogen-bond donors (Lipinski definition) is 3. The third kappa shape index (κ3) is 18.2. The van der Waals surface area contributed by atoms with Crippen LogP contribution in [0.5, 0.6) is 0 Å². The summed E-state index contributed by atoms with van der Waals surface area (Å²) in [6, 6.07) is 0. The van der Waals surface area contributed by atoms with Crippen molar-refractivity contribution in [2.75, 3.05) is 38.3 Å². The average Bonchev–Trinajstić information content (AvgIpc) is 2.85. The molecule has 9 heteroatoms. The van der Waals surface area contributed by atoms with E-state index in [9.17, 15) is 0 Å². The maximum Gasteiger partial charge on any atom is 0.0725 e. The Bertz CT molecular complexity index is 796. The molecule has 0 fully saturated rings. The smallest absolute Gasteiger partial charge is 0.0725 e. The second kappa shape index (κ2) is 26.0. The first-order valence-electron chi connectivity index (χ1n) is 21.9. The van der Waals surface area contributed by atoms with Gasteiger partial charge in [0, 0.05) is 41.6 Å². The summed E-state index contributed by atoms with van der Waals surface area (Å²) in [7, 11) is -3.57. The maximum atomic E-state index is 9.08. The van der Waals surface area contributed by atoms with Crippen molar-refractivity contribution in [3.63, 3.8) is 0 Å². The van der Waals surface area contributed by atoms with Crippen LogP contribution in [-0.2, 0) is 0 Å². The standard InChI is InChI=1S/3C16H36OP.BrH.ClH.HI/c3*1-14(2,3)18(15(4,5)6,16(7,8)9)13-11-10-12-17;;;/h3*17H,10-13H2,1-9H3;3*1H/q3*+1;;;/p-3. The number of aliphatic hydroxyl groups excluding tert-OH is 3. The van der Waals surface area contributed by atoms with E-state index in [0.29, 0.717) is 66.2 Å². The van der Waals surface area contributed by atoms with E-state index in [-0.39, 0.29) is 53.4 Å². The lowest BCUT2D eigenvalue weighted by atomic mass is 10.2. The molecule has 0 heterocycles. The van der Waals surface area contributed by atoms with Gasteiger partial charge in [0.1, 0.15) is 0 Å². The lowest BCUT2D eigenvalue weighted by Crippen LogP contribution is -3.00. The number of unbranched alkanes of at least 4 members (excludes halogenated alkanes) is 3. The van der Waals surface area contributed by atoms with Gasteiger partial charge >= 0.3 is 0 Å². The third-order valence-corrected chi connectivity index (χ3v) is 36.6. The van der Waals surface area contributed by atoms with Gasteiger partial charge in [-0.25, -0.2) is 0 Å². The molecule has 0 bridgehead atoms. The Morgan fingerprint density at radius 2 is 0.368 bits per heavy atom. The van der Waals surface area contributed by atoms with Crippen LogP contribution in [0.3, 0.4) is 0 Å². The van der Waals surface area contributed by atoms with E-state index in [1.165, 1.54) is 18.5 Å². The first-order chi connectivity index (χ1) is 23.4. The second-order valence-electron chi connectivity index (χ2n) is 25.4. The van der Waals surface area contributed by atoms with E-state index in [1.54, 1.807) is 0 Å². The third-order valence-electron chi connectivity index (χ3n) is 13.0. The van der Waals surface area contributed by atoms with Crippen LogP contribution in [0.25, 0.3) is 0 Å². The zero-order chi connectivity index (χ0) is 44.5. The van der Waals surface area contributed by atoms with E-state index >= 15 is 0 Å². The highest BCUT2D eigenvalue weighted by Gasteiger charge is 2.65. The molecule has 0 aliphatic rings. The van der Waals surface area contributed by atoms with Gasteiger partial charge < -0.3 is 68.7 Å². The van der Waals surface area contributed by atoms with Crippen molar-refractivity contribution >= 4 is 21.8 Å². The van der Waals surface area contributed by atoms with Crippen LogP contribution in [0.2, 0.25) is 0 Å². The molecule has 0 aromatic rings. The summed E-state index contributed by atoms with van der Waals surface area (Å²) in [6.07, 6.45) is 10.2. The zero-order valence-electron chi connectivity index (χ0n) is 43.8. The van der Waals surface area contributed by atoms with Crippen LogP contribution in [0, 0.1) is 0 Å². The summed E-state index contributed by atoms with van der Waals surface area (Å²) in [5.74, 6) is 0. The van der Waals surface area contributed by atoms with E-state index in [1.807, 2.05) is 0 Å². The Balaban J connectivity index is -0.000000167. The van der Waals surface area contributed by atoms with Crippen molar-refractivity contribution in [2.24, 2.45) is 0 Å². The zero-order valence-corrected chi connectivity index (χ0v) is 51.0. The lowest BCUT2D eigenvalue weighted by molar-refractivity contribution is -0.00100. The summed E-state index contributed by atoms with van der Waals surface area (Å²) in [6.45, 7) is 66.5. The second-order valence-corrected chi connectivity index (χ2v) is 43.7. The molecule has 0 saturated carbocycles. The van der Waals surface area contributed by atoms with Gasteiger partial charge in [0.05, 0.1) is 64.9 Å². The van der Waals surface area contributed by atoms with Gasteiger partial charge in [0.2, 0.25) is 0 Å². The Morgan fingerprint density at radius 1 is 0.263 bits per heavy atom.